The second-order valence-corrected chi connectivity index (χ2v) is 4.79. The van der Waals surface area contributed by atoms with Gasteiger partial charge in [0.15, 0.2) is 11.9 Å². The number of nitrogen functional groups attached to an aromatic ring is 1. The summed E-state index contributed by atoms with van der Waals surface area (Å²) in [6, 6.07) is -0.756. The number of hydrogen-bond acceptors (Lipinski definition) is 7. The van der Waals surface area contributed by atoms with Crippen molar-refractivity contribution in [3.63, 3.8) is 0 Å². The van der Waals surface area contributed by atoms with Crippen molar-refractivity contribution in [1.29, 1.82) is 0 Å². The third kappa shape index (κ3) is 3.69. The number of nitrogens with zero attached hydrogens (tertiary/aromatic N) is 3. The molecule has 0 aliphatic rings. The number of hydrogen-bond donors (Lipinski definition) is 1. The van der Waals surface area contributed by atoms with E-state index in [1.54, 1.807) is 6.92 Å². The van der Waals surface area contributed by atoms with Gasteiger partial charge in [-0.3, -0.25) is 0 Å². The highest BCUT2D eigenvalue weighted by Crippen LogP contribution is 2.16. The van der Waals surface area contributed by atoms with E-state index in [2.05, 4.69) is 15.0 Å². The normalized spacial score (nSPS) is 12.2. The molecule has 1 rings (SSSR count). The lowest BCUT2D eigenvalue weighted by molar-refractivity contribution is -0.147. The lowest BCUT2D eigenvalue weighted by atomic mass is 10.1. The highest BCUT2D eigenvalue weighted by molar-refractivity contribution is 5.92. The van der Waals surface area contributed by atoms with Crippen LogP contribution in [0.3, 0.4) is 0 Å². The van der Waals surface area contributed by atoms with Crippen LogP contribution < -0.4 is 5.73 Å². The average molecular weight is 284 g/mol. The molecule has 2 N–H and O–H groups in total. The van der Waals surface area contributed by atoms with E-state index < -0.39 is 18.0 Å². The van der Waals surface area contributed by atoms with Gasteiger partial charge < -0.3 is 15.2 Å². The Kier molecular flexibility index (Phi) is 5.48. The largest absolute Gasteiger partial charge is 0.464 e. The van der Waals surface area contributed by atoms with Crippen LogP contribution in [-0.4, -0.2) is 40.6 Å². The fourth-order valence-corrected chi connectivity index (χ4v) is 1.44. The Morgan fingerprint density at radius 1 is 1.35 bits per heavy atom. The summed E-state index contributed by atoms with van der Waals surface area (Å²) in [6.07, 6.45) is 0.776. The van der Waals surface area contributed by atoms with Crippen molar-refractivity contribution in [2.75, 3.05) is 19.5 Å². The Morgan fingerprint density at radius 3 is 2.55 bits per heavy atom. The minimum atomic E-state index is -0.756. The van der Waals surface area contributed by atoms with E-state index in [1.165, 1.54) is 7.11 Å². The Hall–Kier alpha value is -2.12. The number of rotatable bonds is 6. The van der Waals surface area contributed by atoms with Crippen LogP contribution in [0.1, 0.15) is 43.7 Å². The SMILES string of the molecule is COC(=O)c1nnn(C(C)C(=O)OCCC(C)C)c1N. The number of esters is 2. The molecule has 8 nitrogen and oxygen atoms in total. The quantitative estimate of drug-likeness (QED) is 0.769. The van der Waals surface area contributed by atoms with Gasteiger partial charge in [0.05, 0.1) is 13.7 Å². The smallest absolute Gasteiger partial charge is 0.362 e. The maximum Gasteiger partial charge on any atom is 0.362 e. The molecule has 1 unspecified atom stereocenters. The van der Waals surface area contributed by atoms with Crippen molar-refractivity contribution in [1.82, 2.24) is 15.0 Å². The fourth-order valence-electron chi connectivity index (χ4n) is 1.44. The van der Waals surface area contributed by atoms with Gasteiger partial charge in [0.25, 0.3) is 0 Å². The molecule has 1 aromatic rings. The van der Waals surface area contributed by atoms with Gasteiger partial charge in [0.1, 0.15) is 0 Å². The maximum atomic E-state index is 11.8. The van der Waals surface area contributed by atoms with Gasteiger partial charge in [0, 0.05) is 0 Å². The van der Waals surface area contributed by atoms with E-state index in [9.17, 15) is 9.59 Å². The number of aromatic nitrogens is 3. The van der Waals surface area contributed by atoms with Crippen LogP contribution in [-0.2, 0) is 14.3 Å². The van der Waals surface area contributed by atoms with E-state index in [0.717, 1.165) is 11.1 Å². The van der Waals surface area contributed by atoms with E-state index in [0.29, 0.717) is 12.5 Å². The second-order valence-electron chi connectivity index (χ2n) is 4.79. The van der Waals surface area contributed by atoms with Gasteiger partial charge in [-0.15, -0.1) is 5.10 Å². The summed E-state index contributed by atoms with van der Waals surface area (Å²) in [6.45, 7) is 5.98. The molecule has 1 aromatic heterocycles. The summed E-state index contributed by atoms with van der Waals surface area (Å²) in [7, 11) is 1.21. The number of anilines is 1. The van der Waals surface area contributed by atoms with Crippen LogP contribution in [0.25, 0.3) is 0 Å². The van der Waals surface area contributed by atoms with E-state index >= 15 is 0 Å². The minimum Gasteiger partial charge on any atom is -0.464 e. The van der Waals surface area contributed by atoms with E-state index in [-0.39, 0.29) is 11.5 Å². The molecule has 0 saturated carbocycles. The first-order valence-corrected chi connectivity index (χ1v) is 6.34. The van der Waals surface area contributed by atoms with Crippen molar-refractivity contribution in [2.24, 2.45) is 5.92 Å². The second kappa shape index (κ2) is 6.88. The zero-order valence-electron chi connectivity index (χ0n) is 12.1. The number of nitrogens with two attached hydrogens (primary N) is 1. The maximum absolute atomic E-state index is 11.8. The van der Waals surface area contributed by atoms with Crippen molar-refractivity contribution >= 4 is 17.8 Å². The van der Waals surface area contributed by atoms with Gasteiger partial charge >= 0.3 is 11.9 Å². The molecule has 112 valence electrons. The summed E-state index contributed by atoms with van der Waals surface area (Å²) in [5.41, 5.74) is 5.61. The molecule has 0 aromatic carbocycles. The van der Waals surface area contributed by atoms with Crippen molar-refractivity contribution in [3.8, 4) is 0 Å². The van der Waals surface area contributed by atoms with Crippen LogP contribution in [0.2, 0.25) is 0 Å². The molecule has 0 aliphatic heterocycles. The van der Waals surface area contributed by atoms with Gasteiger partial charge in [-0.25, -0.2) is 14.3 Å². The predicted octanol–water partition coefficient (Wildman–Crippen LogP) is 0.797. The lowest BCUT2D eigenvalue weighted by Gasteiger charge is -2.13. The Balaban J connectivity index is 2.72. The Morgan fingerprint density at radius 2 is 2.00 bits per heavy atom. The fraction of sp³-hybridized carbons (Fsp3) is 0.667. The molecule has 0 radical (unpaired) electrons. The van der Waals surface area contributed by atoms with Crippen LogP contribution in [0, 0.1) is 5.92 Å². The average Bonchev–Trinajstić information content (AvgIpc) is 2.78. The molecule has 0 bridgehead atoms. The molecule has 0 fully saturated rings. The van der Waals surface area contributed by atoms with Gasteiger partial charge in [-0.2, -0.15) is 0 Å². The molecule has 0 amide bonds. The first kappa shape index (κ1) is 15.9. The highest BCUT2D eigenvalue weighted by atomic mass is 16.5. The van der Waals surface area contributed by atoms with Crippen molar-refractivity contribution < 1.29 is 19.1 Å². The number of carbonyl (C=O) groups excluding carboxylic acids is 2. The molecule has 20 heavy (non-hydrogen) atoms. The molecule has 0 aliphatic carbocycles. The van der Waals surface area contributed by atoms with Crippen molar-refractivity contribution in [3.05, 3.63) is 5.69 Å². The third-order valence-corrected chi connectivity index (χ3v) is 2.76. The van der Waals surface area contributed by atoms with Crippen molar-refractivity contribution in [2.45, 2.75) is 33.2 Å². The number of methoxy groups -OCH3 is 1. The van der Waals surface area contributed by atoms with Crippen LogP contribution in [0.5, 0.6) is 0 Å². The Bertz CT molecular complexity index is 484. The summed E-state index contributed by atoms with van der Waals surface area (Å²) in [4.78, 5) is 23.2. The molecule has 1 atom stereocenters. The zero-order valence-corrected chi connectivity index (χ0v) is 12.1. The first-order chi connectivity index (χ1) is 9.38. The van der Waals surface area contributed by atoms with Gasteiger partial charge in [-0.1, -0.05) is 19.1 Å². The minimum absolute atomic E-state index is 0.0230. The summed E-state index contributed by atoms with van der Waals surface area (Å²) < 4.78 is 10.8. The lowest BCUT2D eigenvalue weighted by Crippen LogP contribution is -2.22. The molecular weight excluding hydrogens is 264 g/mol. The predicted molar refractivity (Wildman–Crippen MR) is 70.9 cm³/mol. The zero-order chi connectivity index (χ0) is 15.3. The summed E-state index contributed by atoms with van der Waals surface area (Å²) in [5.74, 6) is -0.751. The molecular formula is C12H20N4O4. The first-order valence-electron chi connectivity index (χ1n) is 6.34. The molecule has 0 saturated heterocycles. The van der Waals surface area contributed by atoms with Crippen LogP contribution in [0.4, 0.5) is 5.82 Å². The summed E-state index contributed by atoms with van der Waals surface area (Å²) >= 11 is 0. The monoisotopic (exact) mass is 284 g/mol. The standard InChI is InChI=1S/C12H20N4O4/c1-7(2)5-6-20-11(17)8(3)16-10(13)9(14-15-16)12(18)19-4/h7-8H,5-6,13H2,1-4H3. The number of ether oxygens (including phenoxy) is 2. The number of carbonyl (C=O) groups is 2. The topological polar surface area (TPSA) is 109 Å². The molecule has 1 heterocycles. The Labute approximate surface area is 117 Å². The molecule has 8 heteroatoms. The van der Waals surface area contributed by atoms with Gasteiger partial charge in [-0.05, 0) is 19.3 Å². The van der Waals surface area contributed by atoms with Crippen LogP contribution >= 0.6 is 0 Å². The third-order valence-electron chi connectivity index (χ3n) is 2.76. The summed E-state index contributed by atoms with van der Waals surface area (Å²) in [5, 5.41) is 7.29. The van der Waals surface area contributed by atoms with Gasteiger partial charge in [0.2, 0.25) is 5.69 Å². The van der Waals surface area contributed by atoms with Crippen LogP contribution in [0.15, 0.2) is 0 Å². The van der Waals surface area contributed by atoms with E-state index in [1.807, 2.05) is 13.8 Å². The van der Waals surface area contributed by atoms with E-state index in [4.69, 9.17) is 10.5 Å². The molecule has 0 spiro atoms. The highest BCUT2D eigenvalue weighted by Gasteiger charge is 2.25.